The second-order valence-corrected chi connectivity index (χ2v) is 5.22. The number of para-hydroxylation sites is 1. The average Bonchev–Trinajstić information content (AvgIpc) is 2.41. The van der Waals surface area contributed by atoms with Crippen molar-refractivity contribution >= 4 is 11.6 Å². The van der Waals surface area contributed by atoms with E-state index in [1.807, 2.05) is 29.2 Å². The first-order chi connectivity index (χ1) is 9.15. The van der Waals surface area contributed by atoms with Crippen molar-refractivity contribution in [3.63, 3.8) is 0 Å². The smallest absolute Gasteiger partial charge is 0.257 e. The maximum absolute atomic E-state index is 12.6. The van der Waals surface area contributed by atoms with E-state index in [0.717, 1.165) is 24.2 Å². The van der Waals surface area contributed by atoms with Gasteiger partial charge in [0.05, 0.1) is 5.56 Å². The number of carbonyl (C=O) groups is 1. The first-order valence-corrected chi connectivity index (χ1v) is 6.80. The van der Waals surface area contributed by atoms with Gasteiger partial charge < -0.3 is 15.0 Å². The number of amides is 1. The molecule has 1 aromatic rings. The van der Waals surface area contributed by atoms with Gasteiger partial charge in [-0.15, -0.1) is 0 Å². The van der Waals surface area contributed by atoms with E-state index < -0.39 is 0 Å². The molecule has 1 aliphatic heterocycles. The number of nitrogens with one attached hydrogen (secondary N) is 1. The number of carbonyl (C=O) groups excluding carboxylic acids is 1. The van der Waals surface area contributed by atoms with Crippen molar-refractivity contribution in [2.75, 3.05) is 25.6 Å². The summed E-state index contributed by atoms with van der Waals surface area (Å²) >= 11 is 0. The van der Waals surface area contributed by atoms with Gasteiger partial charge in [-0.1, -0.05) is 26.0 Å². The summed E-state index contributed by atoms with van der Waals surface area (Å²) in [5.74, 6) is 0.476. The summed E-state index contributed by atoms with van der Waals surface area (Å²) in [6, 6.07) is 7.71. The molecular formula is C15H22N2O2. The molecule has 0 aromatic heterocycles. The van der Waals surface area contributed by atoms with Crippen LogP contribution in [0, 0.1) is 5.92 Å². The Morgan fingerprint density at radius 3 is 2.79 bits per heavy atom. The monoisotopic (exact) mass is 262 g/mol. The van der Waals surface area contributed by atoms with Crippen LogP contribution in [0.1, 0.15) is 30.6 Å². The van der Waals surface area contributed by atoms with Crippen LogP contribution in [0.25, 0.3) is 0 Å². The number of hydrogen-bond donors (Lipinski definition) is 1. The number of nitrogens with zero attached hydrogens (tertiary/aromatic N) is 1. The van der Waals surface area contributed by atoms with Crippen LogP contribution in [0.15, 0.2) is 24.3 Å². The minimum absolute atomic E-state index is 0.0549. The molecule has 0 aliphatic carbocycles. The van der Waals surface area contributed by atoms with E-state index in [0.29, 0.717) is 12.5 Å². The van der Waals surface area contributed by atoms with Gasteiger partial charge in [0.2, 0.25) is 0 Å². The molecule has 104 valence electrons. The molecule has 1 atom stereocenters. The van der Waals surface area contributed by atoms with Crippen molar-refractivity contribution in [3.8, 4) is 0 Å². The predicted molar refractivity (Wildman–Crippen MR) is 76.2 cm³/mol. The van der Waals surface area contributed by atoms with Crippen molar-refractivity contribution in [3.05, 3.63) is 29.8 Å². The Morgan fingerprint density at radius 2 is 2.11 bits per heavy atom. The fourth-order valence-electron chi connectivity index (χ4n) is 2.46. The summed E-state index contributed by atoms with van der Waals surface area (Å²) in [6.45, 7) is 5.65. The second-order valence-electron chi connectivity index (χ2n) is 5.22. The number of ether oxygens (including phenoxy) is 1. The SMILES string of the molecule is COCCCN1C(=O)c2ccccc2NC1C(C)C. The van der Waals surface area contributed by atoms with Gasteiger partial charge in [-0.3, -0.25) is 4.79 Å². The largest absolute Gasteiger partial charge is 0.385 e. The van der Waals surface area contributed by atoms with Gasteiger partial charge >= 0.3 is 0 Å². The molecule has 4 nitrogen and oxygen atoms in total. The summed E-state index contributed by atoms with van der Waals surface area (Å²) in [6.07, 6.45) is 0.911. The molecule has 0 saturated carbocycles. The van der Waals surface area contributed by atoms with Gasteiger partial charge in [0.25, 0.3) is 5.91 Å². The summed E-state index contributed by atoms with van der Waals surface area (Å²) in [7, 11) is 1.69. The Kier molecular flexibility index (Phi) is 4.43. The number of hydrogen-bond acceptors (Lipinski definition) is 3. The first-order valence-electron chi connectivity index (χ1n) is 6.80. The fraction of sp³-hybridized carbons (Fsp3) is 0.533. The van der Waals surface area contributed by atoms with Crippen LogP contribution in [0.3, 0.4) is 0 Å². The molecule has 4 heteroatoms. The molecular weight excluding hydrogens is 240 g/mol. The third-order valence-corrected chi connectivity index (χ3v) is 3.44. The van der Waals surface area contributed by atoms with Crippen LogP contribution in [-0.2, 0) is 4.74 Å². The highest BCUT2D eigenvalue weighted by Crippen LogP contribution is 2.28. The zero-order valence-corrected chi connectivity index (χ0v) is 11.8. The van der Waals surface area contributed by atoms with Crippen LogP contribution >= 0.6 is 0 Å². The zero-order chi connectivity index (χ0) is 13.8. The van der Waals surface area contributed by atoms with Gasteiger partial charge in [-0.25, -0.2) is 0 Å². The third-order valence-electron chi connectivity index (χ3n) is 3.44. The van der Waals surface area contributed by atoms with Crippen LogP contribution in [0.5, 0.6) is 0 Å². The molecule has 0 saturated heterocycles. The van der Waals surface area contributed by atoms with E-state index >= 15 is 0 Å². The Hall–Kier alpha value is -1.55. The highest BCUT2D eigenvalue weighted by molar-refractivity contribution is 6.01. The van der Waals surface area contributed by atoms with Crippen LogP contribution in [0.2, 0.25) is 0 Å². The fourth-order valence-corrected chi connectivity index (χ4v) is 2.46. The Labute approximate surface area is 114 Å². The maximum atomic E-state index is 12.6. The van der Waals surface area contributed by atoms with Crippen molar-refractivity contribution in [1.29, 1.82) is 0 Å². The minimum Gasteiger partial charge on any atom is -0.385 e. The second kappa shape index (κ2) is 6.06. The van der Waals surface area contributed by atoms with E-state index in [1.165, 1.54) is 0 Å². The lowest BCUT2D eigenvalue weighted by molar-refractivity contribution is 0.0614. The molecule has 2 rings (SSSR count). The number of benzene rings is 1. The van der Waals surface area contributed by atoms with Gasteiger partial charge in [0.15, 0.2) is 0 Å². The maximum Gasteiger partial charge on any atom is 0.257 e. The molecule has 1 heterocycles. The highest BCUT2D eigenvalue weighted by Gasteiger charge is 2.32. The molecule has 0 spiro atoms. The average molecular weight is 262 g/mol. The molecule has 1 aromatic carbocycles. The molecule has 0 bridgehead atoms. The standard InChI is InChI=1S/C15H22N2O2/c1-11(2)14-16-13-8-5-4-7-12(13)15(18)17(14)9-6-10-19-3/h4-5,7-8,11,14,16H,6,9-10H2,1-3H3. The van der Waals surface area contributed by atoms with Crippen LogP contribution in [0.4, 0.5) is 5.69 Å². The molecule has 1 N–H and O–H groups in total. The number of rotatable bonds is 5. The molecule has 0 radical (unpaired) electrons. The quantitative estimate of drug-likeness (QED) is 0.829. The van der Waals surface area contributed by atoms with E-state index in [-0.39, 0.29) is 12.1 Å². The number of fused-ring (bicyclic) bond motifs is 1. The third kappa shape index (κ3) is 2.89. The van der Waals surface area contributed by atoms with E-state index in [9.17, 15) is 4.79 Å². The minimum atomic E-state index is 0.0549. The summed E-state index contributed by atoms with van der Waals surface area (Å²) < 4.78 is 5.07. The normalized spacial score (nSPS) is 18.4. The van der Waals surface area contributed by atoms with Crippen LogP contribution in [-0.4, -0.2) is 37.2 Å². The van der Waals surface area contributed by atoms with E-state index in [2.05, 4.69) is 19.2 Å². The lowest BCUT2D eigenvalue weighted by atomic mass is 10.0. The van der Waals surface area contributed by atoms with E-state index in [4.69, 9.17) is 4.74 Å². The Morgan fingerprint density at radius 1 is 1.37 bits per heavy atom. The molecule has 1 aliphatic rings. The number of anilines is 1. The predicted octanol–water partition coefficient (Wildman–Crippen LogP) is 2.57. The van der Waals surface area contributed by atoms with Gasteiger partial charge in [-0.2, -0.15) is 0 Å². The highest BCUT2D eigenvalue weighted by atomic mass is 16.5. The zero-order valence-electron chi connectivity index (χ0n) is 11.8. The summed E-state index contributed by atoms with van der Waals surface area (Å²) in [5, 5.41) is 3.47. The van der Waals surface area contributed by atoms with Crippen molar-refractivity contribution in [1.82, 2.24) is 4.90 Å². The van der Waals surface area contributed by atoms with Crippen molar-refractivity contribution in [2.45, 2.75) is 26.4 Å². The van der Waals surface area contributed by atoms with Gasteiger partial charge in [0.1, 0.15) is 6.17 Å². The Bertz CT molecular complexity index is 446. The van der Waals surface area contributed by atoms with Crippen LogP contribution < -0.4 is 5.32 Å². The van der Waals surface area contributed by atoms with Gasteiger partial charge in [0, 0.05) is 25.9 Å². The van der Waals surface area contributed by atoms with Gasteiger partial charge in [-0.05, 0) is 24.5 Å². The molecule has 19 heavy (non-hydrogen) atoms. The molecule has 1 unspecified atom stereocenters. The Balaban J connectivity index is 2.22. The number of methoxy groups -OCH3 is 1. The summed E-state index contributed by atoms with van der Waals surface area (Å²) in [4.78, 5) is 14.5. The lowest BCUT2D eigenvalue weighted by Crippen LogP contribution is -2.51. The van der Waals surface area contributed by atoms with Crippen molar-refractivity contribution < 1.29 is 9.53 Å². The topological polar surface area (TPSA) is 41.6 Å². The first kappa shape index (κ1) is 13.9. The van der Waals surface area contributed by atoms with E-state index in [1.54, 1.807) is 7.11 Å². The molecule has 0 fully saturated rings. The molecule has 1 amide bonds. The van der Waals surface area contributed by atoms with Crippen molar-refractivity contribution in [2.24, 2.45) is 5.92 Å². The summed E-state index contributed by atoms with van der Waals surface area (Å²) in [5.41, 5.74) is 1.70. The lowest BCUT2D eigenvalue weighted by Gasteiger charge is -2.40.